The van der Waals surface area contributed by atoms with Crippen LogP contribution < -0.4 is 0 Å². The predicted molar refractivity (Wildman–Crippen MR) is 56.4 cm³/mol. The highest BCUT2D eigenvalue weighted by molar-refractivity contribution is 6.01. The fraction of sp³-hybridized carbons (Fsp3) is 0.167. The summed E-state index contributed by atoms with van der Waals surface area (Å²) >= 11 is 0. The first kappa shape index (κ1) is 11.2. The van der Waals surface area contributed by atoms with Gasteiger partial charge in [0.05, 0.1) is 5.56 Å². The maximum absolute atomic E-state index is 11.4. The molecule has 0 aliphatic carbocycles. The summed E-state index contributed by atoms with van der Waals surface area (Å²) in [5.74, 6) is -1.34. The molecule has 0 aromatic heterocycles. The summed E-state index contributed by atoms with van der Waals surface area (Å²) in [6, 6.07) is 6.79. The minimum Gasteiger partial charge on any atom is -0.386 e. The zero-order valence-corrected chi connectivity index (χ0v) is 8.74. The van der Waals surface area contributed by atoms with Gasteiger partial charge in [-0.3, -0.25) is 0 Å². The van der Waals surface area contributed by atoms with Gasteiger partial charge in [0.2, 0.25) is 0 Å². The summed E-state index contributed by atoms with van der Waals surface area (Å²) in [4.78, 5) is 22.4. The van der Waals surface area contributed by atoms with Crippen LogP contribution in [0.25, 0.3) is 0 Å². The Hall–Kier alpha value is -1.90. The standard InChI is InChI=1S/C12H12O3/c1-8(2)11(13)15-12(14)10-6-4-9(3)5-7-10/h4-7H,1H2,2-3H3. The molecule has 3 heteroatoms. The second kappa shape index (κ2) is 4.55. The van der Waals surface area contributed by atoms with E-state index in [-0.39, 0.29) is 5.57 Å². The number of hydrogen-bond donors (Lipinski definition) is 0. The number of aryl methyl sites for hydroxylation is 1. The number of rotatable bonds is 2. The van der Waals surface area contributed by atoms with Crippen LogP contribution in [0.2, 0.25) is 0 Å². The molecule has 0 aliphatic rings. The highest BCUT2D eigenvalue weighted by Gasteiger charge is 2.12. The third-order valence-electron chi connectivity index (χ3n) is 1.82. The third-order valence-corrected chi connectivity index (χ3v) is 1.82. The molecule has 0 atom stereocenters. The van der Waals surface area contributed by atoms with Crippen molar-refractivity contribution in [3.8, 4) is 0 Å². The summed E-state index contributed by atoms with van der Waals surface area (Å²) < 4.78 is 4.56. The molecule has 0 saturated heterocycles. The number of carbonyl (C=O) groups is 2. The first-order valence-corrected chi connectivity index (χ1v) is 4.49. The highest BCUT2D eigenvalue weighted by atomic mass is 16.6. The molecule has 1 rings (SSSR count). The molecule has 0 heterocycles. The first-order valence-electron chi connectivity index (χ1n) is 4.49. The maximum atomic E-state index is 11.4. The van der Waals surface area contributed by atoms with Crippen molar-refractivity contribution in [1.82, 2.24) is 0 Å². The van der Waals surface area contributed by atoms with E-state index in [0.29, 0.717) is 5.56 Å². The molecule has 0 spiro atoms. The topological polar surface area (TPSA) is 43.4 Å². The highest BCUT2D eigenvalue weighted by Crippen LogP contribution is 2.06. The molecular weight excluding hydrogens is 192 g/mol. The zero-order chi connectivity index (χ0) is 11.4. The van der Waals surface area contributed by atoms with Gasteiger partial charge in [0.25, 0.3) is 0 Å². The van der Waals surface area contributed by atoms with E-state index in [1.165, 1.54) is 6.92 Å². The lowest BCUT2D eigenvalue weighted by Crippen LogP contribution is -2.12. The summed E-state index contributed by atoms with van der Waals surface area (Å²) in [5.41, 5.74) is 1.60. The largest absolute Gasteiger partial charge is 0.386 e. The second-order valence-corrected chi connectivity index (χ2v) is 3.32. The van der Waals surface area contributed by atoms with Crippen LogP contribution in [0, 0.1) is 6.92 Å². The lowest BCUT2D eigenvalue weighted by molar-refractivity contribution is -0.133. The summed E-state index contributed by atoms with van der Waals surface area (Å²) in [7, 11) is 0. The number of ether oxygens (including phenoxy) is 1. The Morgan fingerprint density at radius 1 is 1.20 bits per heavy atom. The molecule has 0 amide bonds. The van der Waals surface area contributed by atoms with Crippen LogP contribution in [0.15, 0.2) is 36.4 Å². The van der Waals surface area contributed by atoms with Crippen LogP contribution in [-0.4, -0.2) is 11.9 Å². The number of carbonyl (C=O) groups excluding carboxylic acids is 2. The van der Waals surface area contributed by atoms with Gasteiger partial charge in [-0.05, 0) is 26.0 Å². The Morgan fingerprint density at radius 2 is 1.73 bits per heavy atom. The Kier molecular flexibility index (Phi) is 3.39. The molecule has 0 radical (unpaired) electrons. The van der Waals surface area contributed by atoms with E-state index < -0.39 is 11.9 Å². The summed E-state index contributed by atoms with van der Waals surface area (Å²) in [6.45, 7) is 6.79. The quantitative estimate of drug-likeness (QED) is 0.421. The first-order chi connectivity index (χ1) is 7.00. The molecule has 0 N–H and O–H groups in total. The van der Waals surface area contributed by atoms with E-state index in [2.05, 4.69) is 11.3 Å². The van der Waals surface area contributed by atoms with Gasteiger partial charge in [-0.2, -0.15) is 0 Å². The average molecular weight is 204 g/mol. The molecule has 1 aromatic rings. The van der Waals surface area contributed by atoms with Crippen molar-refractivity contribution in [3.05, 3.63) is 47.5 Å². The molecule has 0 aliphatic heterocycles. The minimum absolute atomic E-state index is 0.204. The van der Waals surface area contributed by atoms with Crippen molar-refractivity contribution < 1.29 is 14.3 Å². The number of esters is 2. The van der Waals surface area contributed by atoms with Gasteiger partial charge >= 0.3 is 11.9 Å². The fourth-order valence-corrected chi connectivity index (χ4v) is 0.920. The lowest BCUT2D eigenvalue weighted by atomic mass is 10.1. The van der Waals surface area contributed by atoms with Crippen LogP contribution in [0.3, 0.4) is 0 Å². The molecule has 78 valence electrons. The Morgan fingerprint density at radius 3 is 2.20 bits per heavy atom. The van der Waals surface area contributed by atoms with Gasteiger partial charge in [0.15, 0.2) is 0 Å². The van der Waals surface area contributed by atoms with Crippen molar-refractivity contribution in [2.45, 2.75) is 13.8 Å². The fourth-order valence-electron chi connectivity index (χ4n) is 0.920. The van der Waals surface area contributed by atoms with Crippen molar-refractivity contribution in [2.24, 2.45) is 0 Å². The van der Waals surface area contributed by atoms with E-state index in [0.717, 1.165) is 5.56 Å². The van der Waals surface area contributed by atoms with E-state index >= 15 is 0 Å². The van der Waals surface area contributed by atoms with Crippen molar-refractivity contribution in [3.63, 3.8) is 0 Å². The van der Waals surface area contributed by atoms with Gasteiger partial charge in [-0.15, -0.1) is 0 Å². The Balaban J connectivity index is 2.74. The summed E-state index contributed by atoms with van der Waals surface area (Å²) in [6.07, 6.45) is 0. The van der Waals surface area contributed by atoms with Crippen LogP contribution in [-0.2, 0) is 9.53 Å². The molecule has 0 fully saturated rings. The SMILES string of the molecule is C=C(C)C(=O)OC(=O)c1ccc(C)cc1. The molecule has 15 heavy (non-hydrogen) atoms. The van der Waals surface area contributed by atoms with Gasteiger partial charge in [-0.1, -0.05) is 24.3 Å². The normalized spacial score (nSPS) is 9.47. The van der Waals surface area contributed by atoms with Crippen molar-refractivity contribution in [2.75, 3.05) is 0 Å². The van der Waals surface area contributed by atoms with Crippen LogP contribution >= 0.6 is 0 Å². The number of benzene rings is 1. The maximum Gasteiger partial charge on any atom is 0.346 e. The van der Waals surface area contributed by atoms with Crippen LogP contribution in [0.1, 0.15) is 22.8 Å². The van der Waals surface area contributed by atoms with E-state index in [1.54, 1.807) is 24.3 Å². The summed E-state index contributed by atoms with van der Waals surface area (Å²) in [5, 5.41) is 0. The van der Waals surface area contributed by atoms with Crippen LogP contribution in [0.4, 0.5) is 0 Å². The predicted octanol–water partition coefficient (Wildman–Crippen LogP) is 2.25. The molecule has 1 aromatic carbocycles. The third kappa shape index (κ3) is 3.06. The van der Waals surface area contributed by atoms with Crippen LogP contribution in [0.5, 0.6) is 0 Å². The Bertz CT molecular complexity index is 401. The average Bonchev–Trinajstić information content (AvgIpc) is 2.18. The number of hydrogen-bond acceptors (Lipinski definition) is 3. The van der Waals surface area contributed by atoms with E-state index in [4.69, 9.17) is 0 Å². The van der Waals surface area contributed by atoms with Gasteiger partial charge < -0.3 is 4.74 Å². The van der Waals surface area contributed by atoms with Gasteiger partial charge in [0, 0.05) is 5.57 Å². The Labute approximate surface area is 88.4 Å². The van der Waals surface area contributed by atoms with Crippen molar-refractivity contribution in [1.29, 1.82) is 0 Å². The van der Waals surface area contributed by atoms with E-state index in [9.17, 15) is 9.59 Å². The van der Waals surface area contributed by atoms with Crippen molar-refractivity contribution >= 4 is 11.9 Å². The molecule has 3 nitrogen and oxygen atoms in total. The lowest BCUT2D eigenvalue weighted by Gasteiger charge is -2.02. The van der Waals surface area contributed by atoms with E-state index in [1.807, 2.05) is 6.92 Å². The minimum atomic E-state index is -0.694. The molecule has 0 saturated carbocycles. The molecule has 0 unspecified atom stereocenters. The monoisotopic (exact) mass is 204 g/mol. The second-order valence-electron chi connectivity index (χ2n) is 3.32. The molecular formula is C12H12O3. The zero-order valence-electron chi connectivity index (χ0n) is 8.74. The smallest absolute Gasteiger partial charge is 0.346 e. The van der Waals surface area contributed by atoms with Gasteiger partial charge in [-0.25, -0.2) is 9.59 Å². The van der Waals surface area contributed by atoms with Gasteiger partial charge in [0.1, 0.15) is 0 Å². The molecule has 0 bridgehead atoms.